The fourth-order valence-electron chi connectivity index (χ4n) is 4.69. The Morgan fingerprint density at radius 1 is 1.03 bits per heavy atom. The topological polar surface area (TPSA) is 76.1 Å². The fourth-order valence-corrected chi connectivity index (χ4v) is 6.09. The van der Waals surface area contributed by atoms with Crippen LogP contribution in [0.4, 0.5) is 4.79 Å². The molecule has 1 N–H and O–H groups in total. The maximum absolute atomic E-state index is 12.5. The van der Waals surface area contributed by atoms with Crippen LogP contribution in [-0.2, 0) is 20.5 Å². The molecule has 1 fully saturated rings. The van der Waals surface area contributed by atoms with Crippen LogP contribution in [0.3, 0.4) is 0 Å². The van der Waals surface area contributed by atoms with Crippen LogP contribution in [0.25, 0.3) is 0 Å². The number of ether oxygens (including phenoxy) is 1. The third-order valence-electron chi connectivity index (χ3n) is 8.03. The minimum atomic E-state index is -2.04. The minimum absolute atomic E-state index is 0.0431. The van der Waals surface area contributed by atoms with Crippen LogP contribution in [0, 0.1) is 0 Å². The van der Waals surface area contributed by atoms with Gasteiger partial charge in [0.25, 0.3) is 0 Å². The number of cyclic esters (lactones) is 1. The van der Waals surface area contributed by atoms with Gasteiger partial charge in [-0.05, 0) is 30.1 Å². The molecule has 1 heterocycles. The van der Waals surface area contributed by atoms with E-state index in [1.54, 1.807) is 0 Å². The Balaban J connectivity index is 1.99. The lowest BCUT2D eigenvalue weighted by molar-refractivity contribution is -0.189. The van der Waals surface area contributed by atoms with Gasteiger partial charge in [0.15, 0.2) is 14.4 Å². The highest BCUT2D eigenvalue weighted by Gasteiger charge is 2.50. The smallest absolute Gasteiger partial charge is 0.408 e. The van der Waals surface area contributed by atoms with E-state index in [0.717, 1.165) is 18.4 Å². The lowest BCUT2D eigenvalue weighted by Crippen LogP contribution is -2.62. The lowest BCUT2D eigenvalue weighted by atomic mass is 9.95. The molecule has 3 atom stereocenters. The number of carbonyl (C=O) groups is 2. The molecule has 2 rings (SSSR count). The lowest BCUT2D eigenvalue weighted by Gasteiger charge is -2.44. The van der Waals surface area contributed by atoms with Crippen LogP contribution in [0.5, 0.6) is 0 Å². The van der Waals surface area contributed by atoms with Gasteiger partial charge in [0.1, 0.15) is 6.10 Å². The first-order valence-electron chi connectivity index (χ1n) is 14.4. The van der Waals surface area contributed by atoms with Gasteiger partial charge in [-0.2, -0.15) is 0 Å². The van der Waals surface area contributed by atoms with Crippen molar-refractivity contribution in [3.8, 4) is 0 Å². The average molecular weight is 534 g/mol. The van der Waals surface area contributed by atoms with Crippen LogP contribution >= 0.6 is 0 Å². The molecule has 1 aliphatic rings. The predicted octanol–water partition coefficient (Wildman–Crippen LogP) is 8.16. The highest BCUT2D eigenvalue weighted by molar-refractivity contribution is 6.74. The summed E-state index contributed by atoms with van der Waals surface area (Å²) >= 11 is 0. The molecule has 210 valence electrons. The number of esters is 1. The number of carboxylic acid groups (broad SMARTS) is 1. The van der Waals surface area contributed by atoms with Gasteiger partial charge in [-0.1, -0.05) is 116 Å². The maximum Gasteiger partial charge on any atom is 0.408 e. The number of amides is 1. The number of carbonyl (C=O) groups excluding carboxylic acids is 1. The molecule has 1 saturated heterocycles. The number of nitrogens with zero attached hydrogens (tertiary/aromatic N) is 1. The van der Waals surface area contributed by atoms with Crippen LogP contribution < -0.4 is 0 Å². The van der Waals surface area contributed by atoms with Crippen molar-refractivity contribution in [2.45, 2.75) is 141 Å². The number of rotatable bonds is 17. The molecule has 1 aliphatic heterocycles. The molecule has 7 heteroatoms. The largest absolute Gasteiger partial charge is 0.465 e. The number of hydrogen-bond acceptors (Lipinski definition) is 4. The van der Waals surface area contributed by atoms with Crippen LogP contribution in [-0.4, -0.2) is 48.6 Å². The summed E-state index contributed by atoms with van der Waals surface area (Å²) in [4.78, 5) is 25.8. The summed E-state index contributed by atoms with van der Waals surface area (Å²) in [7, 11) is -2.04. The highest BCUT2D eigenvalue weighted by atomic mass is 28.4. The van der Waals surface area contributed by atoms with Gasteiger partial charge in [0.2, 0.25) is 0 Å². The summed E-state index contributed by atoms with van der Waals surface area (Å²) in [5.74, 6) is -0.461. The molecular formula is C30H51NO5Si. The second-order valence-electron chi connectivity index (χ2n) is 12.2. The molecule has 1 aromatic carbocycles. The maximum atomic E-state index is 12.5. The molecule has 0 radical (unpaired) electrons. The molecule has 0 saturated carbocycles. The standard InChI is InChI=1S/C30H51NO5Si/c1-7-8-9-10-11-12-13-14-18-21-25(36-37(5,6)30(2,3)4)22-26-27(28(32)35-26)31(29(33)34)23-24-19-16-15-17-20-24/h15-17,19-20,25-27H,7-14,18,21-23H2,1-6H3,(H,33,34)/t25-,26?,27?/m1/s1. The van der Waals surface area contributed by atoms with Gasteiger partial charge in [0.05, 0.1) is 6.54 Å². The number of benzene rings is 1. The summed E-state index contributed by atoms with van der Waals surface area (Å²) in [6.45, 7) is 13.6. The van der Waals surface area contributed by atoms with Gasteiger partial charge in [-0.25, -0.2) is 9.59 Å². The second kappa shape index (κ2) is 14.9. The van der Waals surface area contributed by atoms with Crippen molar-refractivity contribution < 1.29 is 23.9 Å². The van der Waals surface area contributed by atoms with Crippen molar-refractivity contribution in [3.63, 3.8) is 0 Å². The zero-order valence-electron chi connectivity index (χ0n) is 24.1. The summed E-state index contributed by atoms with van der Waals surface area (Å²) in [6.07, 6.45) is 11.2. The van der Waals surface area contributed by atoms with E-state index in [1.165, 1.54) is 56.3 Å². The quantitative estimate of drug-likeness (QED) is 0.124. The highest BCUT2D eigenvalue weighted by Crippen LogP contribution is 2.39. The molecule has 1 amide bonds. The molecule has 0 bridgehead atoms. The van der Waals surface area contributed by atoms with Gasteiger partial charge in [0, 0.05) is 12.5 Å². The Morgan fingerprint density at radius 3 is 2.11 bits per heavy atom. The Morgan fingerprint density at radius 2 is 1.59 bits per heavy atom. The van der Waals surface area contributed by atoms with E-state index in [4.69, 9.17) is 9.16 Å². The zero-order chi connectivity index (χ0) is 27.5. The second-order valence-corrected chi connectivity index (χ2v) is 16.9. The van der Waals surface area contributed by atoms with E-state index in [1.807, 2.05) is 30.3 Å². The normalized spacial score (nSPS) is 18.7. The van der Waals surface area contributed by atoms with Crippen molar-refractivity contribution in [2.24, 2.45) is 0 Å². The van der Waals surface area contributed by atoms with Gasteiger partial charge in [-0.15, -0.1) is 0 Å². The van der Waals surface area contributed by atoms with Crippen LogP contribution in [0.2, 0.25) is 18.1 Å². The summed E-state index contributed by atoms with van der Waals surface area (Å²) in [6, 6.07) is 8.61. The molecule has 0 aromatic heterocycles. The van der Waals surface area contributed by atoms with E-state index in [0.29, 0.717) is 6.42 Å². The van der Waals surface area contributed by atoms with Crippen molar-refractivity contribution in [1.29, 1.82) is 0 Å². The minimum Gasteiger partial charge on any atom is -0.465 e. The van der Waals surface area contributed by atoms with Crippen molar-refractivity contribution in [2.75, 3.05) is 0 Å². The van der Waals surface area contributed by atoms with Crippen molar-refractivity contribution in [1.82, 2.24) is 4.90 Å². The van der Waals surface area contributed by atoms with Crippen LogP contribution in [0.15, 0.2) is 30.3 Å². The summed E-state index contributed by atoms with van der Waals surface area (Å²) in [5, 5.41) is 9.99. The first-order chi connectivity index (χ1) is 17.5. The third kappa shape index (κ3) is 10.1. The first kappa shape index (κ1) is 31.4. The first-order valence-corrected chi connectivity index (χ1v) is 17.3. The Kier molecular flexibility index (Phi) is 12.6. The van der Waals surface area contributed by atoms with Crippen LogP contribution in [0.1, 0.15) is 104 Å². The fraction of sp³-hybridized carbons (Fsp3) is 0.733. The van der Waals surface area contributed by atoms with Gasteiger partial charge >= 0.3 is 12.1 Å². The summed E-state index contributed by atoms with van der Waals surface area (Å²) < 4.78 is 12.3. The molecule has 37 heavy (non-hydrogen) atoms. The zero-order valence-corrected chi connectivity index (χ0v) is 25.1. The third-order valence-corrected chi connectivity index (χ3v) is 12.6. The molecular weight excluding hydrogens is 482 g/mol. The molecule has 0 spiro atoms. The Labute approximate surface area is 226 Å². The molecule has 1 aromatic rings. The SMILES string of the molecule is CCCCCCCCCCC[C@H](CC1OC(=O)C1N(Cc1ccccc1)C(=O)O)O[Si](C)(C)C(C)(C)C. The van der Waals surface area contributed by atoms with Gasteiger partial charge < -0.3 is 14.3 Å². The Hall–Kier alpha value is -1.86. The number of unbranched alkanes of at least 4 members (excludes halogenated alkanes) is 8. The molecule has 6 nitrogen and oxygen atoms in total. The molecule has 2 unspecified atom stereocenters. The monoisotopic (exact) mass is 533 g/mol. The van der Waals surface area contributed by atoms with E-state index < -0.39 is 32.5 Å². The summed E-state index contributed by atoms with van der Waals surface area (Å²) in [5.41, 5.74) is 0.854. The van der Waals surface area contributed by atoms with E-state index in [2.05, 4.69) is 40.8 Å². The number of hydrogen-bond donors (Lipinski definition) is 1. The van der Waals surface area contributed by atoms with E-state index >= 15 is 0 Å². The molecule has 0 aliphatic carbocycles. The van der Waals surface area contributed by atoms with Crippen molar-refractivity contribution in [3.05, 3.63) is 35.9 Å². The van der Waals surface area contributed by atoms with E-state index in [9.17, 15) is 14.7 Å². The van der Waals surface area contributed by atoms with Crippen molar-refractivity contribution >= 4 is 20.4 Å². The van der Waals surface area contributed by atoms with E-state index in [-0.39, 0.29) is 17.7 Å². The average Bonchev–Trinajstić information content (AvgIpc) is 2.81. The Bertz CT molecular complexity index is 823. The van der Waals surface area contributed by atoms with Gasteiger partial charge in [-0.3, -0.25) is 4.90 Å². The predicted molar refractivity (Wildman–Crippen MR) is 152 cm³/mol.